The average Bonchev–Trinajstić information content (AvgIpc) is 3.30. The molecule has 3 N–H and O–H groups in total. The topological polar surface area (TPSA) is 141 Å². The Morgan fingerprint density at radius 1 is 1.13 bits per heavy atom. The first-order valence-electron chi connectivity index (χ1n) is 12.8. The highest BCUT2D eigenvalue weighted by atomic mass is 16.5. The molecule has 38 heavy (non-hydrogen) atoms. The summed E-state index contributed by atoms with van der Waals surface area (Å²) in [5, 5.41) is 19.7. The van der Waals surface area contributed by atoms with Crippen LogP contribution in [-0.4, -0.2) is 48.4 Å². The minimum Gasteiger partial charge on any atom is -0.473 e. The minimum atomic E-state index is -1.05. The number of rotatable bonds is 7. The highest BCUT2D eigenvalue weighted by molar-refractivity contribution is 5.95. The van der Waals surface area contributed by atoms with E-state index >= 15 is 0 Å². The Balaban J connectivity index is 1.46. The minimum absolute atomic E-state index is 0.0128. The SMILES string of the molecule is CCN(C(=O)O)c1cc2c(cn1)c(-c1ccc(CN)cc1)nn2[C@H]1CC[C@@H](Oc2ccc(=O)n(C)n2)CC1. The molecular weight excluding hydrogens is 486 g/mol. The molecular formula is C27H31N7O4. The number of pyridine rings is 1. The molecule has 0 aliphatic heterocycles. The fraction of sp³-hybridized carbons (Fsp3) is 0.370. The van der Waals surface area contributed by atoms with E-state index in [1.807, 2.05) is 35.0 Å². The Labute approximate surface area is 219 Å². The fourth-order valence-corrected chi connectivity index (χ4v) is 4.98. The molecule has 1 aliphatic carbocycles. The van der Waals surface area contributed by atoms with Crippen LogP contribution in [0.1, 0.15) is 44.2 Å². The third-order valence-corrected chi connectivity index (χ3v) is 7.08. The number of hydrogen-bond donors (Lipinski definition) is 2. The Bertz CT molecular complexity index is 1500. The van der Waals surface area contributed by atoms with Gasteiger partial charge in [-0.2, -0.15) is 5.10 Å². The molecule has 0 saturated heterocycles. The number of carbonyl (C=O) groups is 1. The second-order valence-corrected chi connectivity index (χ2v) is 9.46. The van der Waals surface area contributed by atoms with Gasteiger partial charge in [0.2, 0.25) is 5.88 Å². The number of anilines is 1. The van der Waals surface area contributed by atoms with Crippen LogP contribution in [0.5, 0.6) is 5.88 Å². The van der Waals surface area contributed by atoms with Gasteiger partial charge in [-0.05, 0) is 38.2 Å². The smallest absolute Gasteiger partial charge is 0.412 e. The number of aromatic nitrogens is 5. The van der Waals surface area contributed by atoms with Gasteiger partial charge in [0.15, 0.2) is 0 Å². The van der Waals surface area contributed by atoms with Crippen molar-refractivity contribution in [3.05, 3.63) is 64.6 Å². The van der Waals surface area contributed by atoms with Gasteiger partial charge in [-0.25, -0.2) is 14.5 Å². The van der Waals surface area contributed by atoms with Crippen molar-refractivity contribution in [2.45, 2.75) is 51.3 Å². The number of benzene rings is 1. The molecule has 0 radical (unpaired) electrons. The van der Waals surface area contributed by atoms with Gasteiger partial charge in [0.25, 0.3) is 5.56 Å². The summed E-state index contributed by atoms with van der Waals surface area (Å²) in [5.41, 5.74) is 9.22. The number of nitrogens with two attached hydrogens (primary N) is 1. The molecule has 1 amide bonds. The summed E-state index contributed by atoms with van der Waals surface area (Å²) in [7, 11) is 1.60. The first-order valence-corrected chi connectivity index (χ1v) is 12.8. The zero-order chi connectivity index (χ0) is 26.8. The number of fused-ring (bicyclic) bond motifs is 1. The van der Waals surface area contributed by atoms with E-state index in [-0.39, 0.29) is 24.2 Å². The van der Waals surface area contributed by atoms with Gasteiger partial charge in [-0.15, -0.1) is 5.10 Å². The zero-order valence-corrected chi connectivity index (χ0v) is 21.4. The summed E-state index contributed by atoms with van der Waals surface area (Å²) >= 11 is 0. The van der Waals surface area contributed by atoms with Crippen molar-refractivity contribution in [2.75, 3.05) is 11.4 Å². The Morgan fingerprint density at radius 2 is 1.87 bits per heavy atom. The highest BCUT2D eigenvalue weighted by Gasteiger charge is 2.28. The van der Waals surface area contributed by atoms with Crippen LogP contribution in [0, 0.1) is 0 Å². The third-order valence-electron chi connectivity index (χ3n) is 7.08. The van der Waals surface area contributed by atoms with E-state index in [1.165, 1.54) is 15.6 Å². The van der Waals surface area contributed by atoms with Crippen LogP contribution in [0.3, 0.4) is 0 Å². The Kier molecular flexibility index (Phi) is 7.10. The summed E-state index contributed by atoms with van der Waals surface area (Å²) in [6.07, 6.45) is 3.90. The first kappa shape index (κ1) is 25.4. The number of ether oxygens (including phenoxy) is 1. The summed E-state index contributed by atoms with van der Waals surface area (Å²) in [5.74, 6) is 0.809. The molecule has 4 aromatic rings. The molecule has 0 atom stereocenters. The monoisotopic (exact) mass is 517 g/mol. The normalized spacial score (nSPS) is 17.4. The molecule has 3 heterocycles. The largest absolute Gasteiger partial charge is 0.473 e. The lowest BCUT2D eigenvalue weighted by Crippen LogP contribution is -2.29. The highest BCUT2D eigenvalue weighted by Crippen LogP contribution is 2.36. The molecule has 0 spiro atoms. The molecule has 1 aromatic carbocycles. The summed E-state index contributed by atoms with van der Waals surface area (Å²) in [6.45, 7) is 2.53. The van der Waals surface area contributed by atoms with E-state index in [4.69, 9.17) is 15.6 Å². The number of hydrogen-bond acceptors (Lipinski definition) is 7. The van der Waals surface area contributed by atoms with Gasteiger partial charge in [-0.3, -0.25) is 14.4 Å². The zero-order valence-electron chi connectivity index (χ0n) is 21.4. The predicted octanol–water partition coefficient (Wildman–Crippen LogP) is 3.72. The predicted molar refractivity (Wildman–Crippen MR) is 143 cm³/mol. The van der Waals surface area contributed by atoms with Crippen molar-refractivity contribution in [3.8, 4) is 17.1 Å². The van der Waals surface area contributed by atoms with Gasteiger partial charge in [0.05, 0.1) is 11.6 Å². The van der Waals surface area contributed by atoms with E-state index in [0.717, 1.165) is 53.4 Å². The van der Waals surface area contributed by atoms with E-state index in [1.54, 1.807) is 26.2 Å². The van der Waals surface area contributed by atoms with Crippen LogP contribution in [-0.2, 0) is 13.6 Å². The molecule has 3 aromatic heterocycles. The van der Waals surface area contributed by atoms with Crippen LogP contribution >= 0.6 is 0 Å². The van der Waals surface area contributed by atoms with Gasteiger partial charge in [0.1, 0.15) is 17.6 Å². The van der Waals surface area contributed by atoms with Crippen LogP contribution in [0.4, 0.5) is 10.6 Å². The quantitative estimate of drug-likeness (QED) is 0.378. The molecule has 1 aliphatic rings. The van der Waals surface area contributed by atoms with Crippen molar-refractivity contribution in [2.24, 2.45) is 12.8 Å². The van der Waals surface area contributed by atoms with Crippen molar-refractivity contribution in [1.29, 1.82) is 0 Å². The van der Waals surface area contributed by atoms with Crippen molar-refractivity contribution < 1.29 is 14.6 Å². The summed E-state index contributed by atoms with van der Waals surface area (Å²) < 4.78 is 9.34. The number of aryl methyl sites for hydroxylation is 1. The molecule has 1 fully saturated rings. The van der Waals surface area contributed by atoms with Crippen LogP contribution in [0.25, 0.3) is 22.2 Å². The molecule has 11 nitrogen and oxygen atoms in total. The second-order valence-electron chi connectivity index (χ2n) is 9.46. The molecule has 198 valence electrons. The fourth-order valence-electron chi connectivity index (χ4n) is 4.98. The molecule has 0 unspecified atom stereocenters. The standard InChI is InChI=1S/C27H31N7O4/c1-3-33(27(36)37)23-14-22-21(16-29-23)26(18-6-4-17(15-28)5-7-18)31-34(22)19-8-10-20(11-9-19)38-24-12-13-25(35)32(2)30-24/h4-7,12-14,16,19-20H,3,8-11,15,28H2,1-2H3,(H,36,37)/t19-,20+. The van der Waals surface area contributed by atoms with Crippen molar-refractivity contribution >= 4 is 22.8 Å². The first-order chi connectivity index (χ1) is 18.4. The summed E-state index contributed by atoms with van der Waals surface area (Å²) in [4.78, 5) is 29.1. The maximum absolute atomic E-state index is 11.8. The van der Waals surface area contributed by atoms with E-state index in [2.05, 4.69) is 10.1 Å². The molecule has 0 bridgehead atoms. The van der Waals surface area contributed by atoms with Crippen molar-refractivity contribution in [3.63, 3.8) is 0 Å². The molecule has 1 saturated carbocycles. The van der Waals surface area contributed by atoms with Crippen LogP contribution in [0.2, 0.25) is 0 Å². The lowest BCUT2D eigenvalue weighted by molar-refractivity contribution is 0.123. The van der Waals surface area contributed by atoms with Crippen LogP contribution in [0.15, 0.2) is 53.5 Å². The lowest BCUT2D eigenvalue weighted by Gasteiger charge is -2.29. The lowest BCUT2D eigenvalue weighted by atomic mass is 9.93. The number of nitrogens with zero attached hydrogens (tertiary/aromatic N) is 6. The van der Waals surface area contributed by atoms with Crippen molar-refractivity contribution in [1.82, 2.24) is 24.5 Å². The van der Waals surface area contributed by atoms with E-state index < -0.39 is 6.09 Å². The summed E-state index contributed by atoms with van der Waals surface area (Å²) in [6, 6.07) is 13.0. The Morgan fingerprint density at radius 3 is 2.50 bits per heavy atom. The van der Waals surface area contributed by atoms with Gasteiger partial charge in [0, 0.05) is 55.5 Å². The van der Waals surface area contributed by atoms with Gasteiger partial charge >= 0.3 is 6.09 Å². The maximum Gasteiger partial charge on any atom is 0.412 e. The second kappa shape index (κ2) is 10.6. The number of amides is 1. The van der Waals surface area contributed by atoms with E-state index in [9.17, 15) is 14.7 Å². The van der Waals surface area contributed by atoms with Crippen LogP contribution < -0.4 is 20.9 Å². The molecule has 5 rings (SSSR count). The average molecular weight is 518 g/mol. The number of carboxylic acid groups (broad SMARTS) is 1. The maximum atomic E-state index is 11.8. The van der Waals surface area contributed by atoms with Gasteiger partial charge < -0.3 is 15.6 Å². The third kappa shape index (κ3) is 4.97. The Hall–Kier alpha value is -4.25. The van der Waals surface area contributed by atoms with E-state index in [0.29, 0.717) is 18.2 Å². The molecule has 11 heteroatoms. The van der Waals surface area contributed by atoms with Gasteiger partial charge in [-0.1, -0.05) is 24.3 Å².